The molecule has 0 saturated carbocycles. The second-order valence-corrected chi connectivity index (χ2v) is 5.58. The van der Waals surface area contributed by atoms with Crippen LogP contribution in [0.1, 0.15) is 34.2 Å². The topological polar surface area (TPSA) is 95.1 Å². The zero-order valence-electron chi connectivity index (χ0n) is 14.3. The third kappa shape index (κ3) is 3.96. The van der Waals surface area contributed by atoms with Gasteiger partial charge in [0.1, 0.15) is 11.6 Å². The molecule has 0 aliphatic heterocycles. The van der Waals surface area contributed by atoms with Gasteiger partial charge in [-0.1, -0.05) is 6.07 Å². The van der Waals surface area contributed by atoms with Crippen molar-refractivity contribution >= 4 is 23.6 Å². The zero-order valence-corrected chi connectivity index (χ0v) is 14.3. The van der Waals surface area contributed by atoms with E-state index in [-0.39, 0.29) is 11.1 Å². The average molecular weight is 337 g/mol. The van der Waals surface area contributed by atoms with Gasteiger partial charge < -0.3 is 15.0 Å². The number of aromatic carboxylic acids is 1. The number of nitriles is 1. The monoisotopic (exact) mass is 337 g/mol. The van der Waals surface area contributed by atoms with Gasteiger partial charge in [-0.25, -0.2) is 4.79 Å². The van der Waals surface area contributed by atoms with Crippen molar-refractivity contribution in [3.8, 4) is 6.07 Å². The number of carbonyl (C=O) groups is 2. The summed E-state index contributed by atoms with van der Waals surface area (Å²) in [5, 5.41) is 20.9. The van der Waals surface area contributed by atoms with Crippen LogP contribution in [0, 0.1) is 25.2 Å². The van der Waals surface area contributed by atoms with Crippen molar-refractivity contribution in [2.75, 3.05) is 5.32 Å². The Balaban J connectivity index is 2.29. The van der Waals surface area contributed by atoms with Gasteiger partial charge in [-0.2, -0.15) is 5.26 Å². The molecule has 0 aliphatic carbocycles. The molecule has 1 amide bonds. The smallest absolute Gasteiger partial charge is 0.335 e. The van der Waals surface area contributed by atoms with Crippen LogP contribution >= 0.6 is 0 Å². The number of nitrogens with zero attached hydrogens (tertiary/aromatic N) is 2. The summed E-state index contributed by atoms with van der Waals surface area (Å²) in [5.41, 5.74) is 3.19. The van der Waals surface area contributed by atoms with Gasteiger partial charge in [0.15, 0.2) is 0 Å². The summed E-state index contributed by atoms with van der Waals surface area (Å²) in [6.45, 7) is 6.74. The van der Waals surface area contributed by atoms with E-state index in [4.69, 9.17) is 5.11 Å². The summed E-state index contributed by atoms with van der Waals surface area (Å²) in [6, 6.07) is 9.71. The first-order chi connectivity index (χ1) is 11.9. The second-order valence-electron chi connectivity index (χ2n) is 5.58. The predicted octanol–water partition coefficient (Wildman–Crippen LogP) is 3.37. The van der Waals surface area contributed by atoms with Crippen molar-refractivity contribution in [2.45, 2.75) is 27.3 Å². The quantitative estimate of drug-likeness (QED) is 0.646. The number of carbonyl (C=O) groups excluding carboxylic acids is 1. The van der Waals surface area contributed by atoms with Crippen LogP contribution in [0.15, 0.2) is 35.9 Å². The molecule has 1 aromatic carbocycles. The Morgan fingerprint density at radius 1 is 1.32 bits per heavy atom. The molecule has 2 rings (SSSR count). The van der Waals surface area contributed by atoms with Crippen LogP contribution in [0.25, 0.3) is 6.08 Å². The number of anilines is 1. The highest BCUT2D eigenvalue weighted by Gasteiger charge is 2.13. The number of hydrogen-bond acceptors (Lipinski definition) is 3. The molecule has 0 unspecified atom stereocenters. The van der Waals surface area contributed by atoms with Crippen LogP contribution in [0.4, 0.5) is 5.69 Å². The number of nitrogens with one attached hydrogen (secondary N) is 1. The summed E-state index contributed by atoms with van der Waals surface area (Å²) in [5.74, 6) is -1.66. The van der Waals surface area contributed by atoms with Crippen LogP contribution in [0.3, 0.4) is 0 Å². The van der Waals surface area contributed by atoms with Crippen LogP contribution in [0.5, 0.6) is 0 Å². The fourth-order valence-electron chi connectivity index (χ4n) is 2.69. The summed E-state index contributed by atoms with van der Waals surface area (Å²) < 4.78 is 2.09. The highest BCUT2D eigenvalue weighted by molar-refractivity contribution is 6.10. The summed E-state index contributed by atoms with van der Waals surface area (Å²) in [4.78, 5) is 23.3. The van der Waals surface area contributed by atoms with Gasteiger partial charge in [0.2, 0.25) is 0 Å². The molecule has 2 N–H and O–H groups in total. The van der Waals surface area contributed by atoms with E-state index in [1.165, 1.54) is 18.2 Å². The Bertz CT molecular complexity index is 901. The van der Waals surface area contributed by atoms with Crippen molar-refractivity contribution in [3.63, 3.8) is 0 Å². The Morgan fingerprint density at radius 2 is 2.04 bits per heavy atom. The zero-order chi connectivity index (χ0) is 18.6. The molecule has 0 atom stereocenters. The first-order valence-corrected chi connectivity index (χ1v) is 7.80. The number of hydrogen-bond donors (Lipinski definition) is 2. The molecule has 1 aromatic heterocycles. The number of carboxylic acid groups (broad SMARTS) is 1. The maximum Gasteiger partial charge on any atom is 0.335 e. The Morgan fingerprint density at radius 3 is 2.60 bits per heavy atom. The number of amides is 1. The molecule has 6 nitrogen and oxygen atoms in total. The molecular weight excluding hydrogens is 318 g/mol. The molecule has 128 valence electrons. The first-order valence-electron chi connectivity index (χ1n) is 7.80. The lowest BCUT2D eigenvalue weighted by Crippen LogP contribution is -2.14. The fraction of sp³-hybridized carbons (Fsp3) is 0.211. The maximum absolute atomic E-state index is 12.3. The molecule has 6 heteroatoms. The minimum absolute atomic E-state index is 0.0444. The number of aromatic nitrogens is 1. The molecule has 1 heterocycles. The van der Waals surface area contributed by atoms with Crippen molar-refractivity contribution in [2.24, 2.45) is 0 Å². The van der Waals surface area contributed by atoms with Gasteiger partial charge >= 0.3 is 5.97 Å². The lowest BCUT2D eigenvalue weighted by atomic mass is 10.1. The summed E-state index contributed by atoms with van der Waals surface area (Å²) in [6.07, 6.45) is 1.55. The van der Waals surface area contributed by atoms with Crippen molar-refractivity contribution < 1.29 is 14.7 Å². The van der Waals surface area contributed by atoms with E-state index in [1.54, 1.807) is 12.1 Å². The number of carboxylic acids is 1. The molecule has 0 bridgehead atoms. The minimum atomic E-state index is -1.08. The fourth-order valence-corrected chi connectivity index (χ4v) is 2.69. The predicted molar refractivity (Wildman–Crippen MR) is 95.2 cm³/mol. The van der Waals surface area contributed by atoms with Crippen LogP contribution in [-0.4, -0.2) is 21.6 Å². The van der Waals surface area contributed by atoms with E-state index in [0.29, 0.717) is 5.69 Å². The van der Waals surface area contributed by atoms with Crippen molar-refractivity contribution in [1.82, 2.24) is 4.57 Å². The van der Waals surface area contributed by atoms with Gasteiger partial charge in [0, 0.05) is 23.6 Å². The Kier molecular flexibility index (Phi) is 5.40. The van der Waals surface area contributed by atoms with Gasteiger partial charge in [-0.05, 0) is 56.7 Å². The average Bonchev–Trinajstić information content (AvgIpc) is 2.85. The van der Waals surface area contributed by atoms with Crippen LogP contribution < -0.4 is 5.32 Å². The van der Waals surface area contributed by atoms with Gasteiger partial charge in [0.25, 0.3) is 5.91 Å². The third-order valence-electron chi connectivity index (χ3n) is 3.96. The van der Waals surface area contributed by atoms with E-state index in [9.17, 15) is 14.9 Å². The molecule has 25 heavy (non-hydrogen) atoms. The molecule has 0 aliphatic rings. The summed E-state index contributed by atoms with van der Waals surface area (Å²) >= 11 is 0. The lowest BCUT2D eigenvalue weighted by Gasteiger charge is -2.06. The maximum atomic E-state index is 12.3. The molecule has 0 fully saturated rings. The van der Waals surface area contributed by atoms with E-state index in [1.807, 2.05) is 32.9 Å². The van der Waals surface area contributed by atoms with E-state index in [0.717, 1.165) is 23.5 Å². The van der Waals surface area contributed by atoms with Crippen molar-refractivity contribution in [1.29, 1.82) is 5.26 Å². The van der Waals surface area contributed by atoms with Gasteiger partial charge in [-0.15, -0.1) is 0 Å². The summed E-state index contributed by atoms with van der Waals surface area (Å²) in [7, 11) is 0. The molecule has 0 saturated heterocycles. The van der Waals surface area contributed by atoms with Crippen LogP contribution in [0.2, 0.25) is 0 Å². The lowest BCUT2D eigenvalue weighted by molar-refractivity contribution is -0.112. The second kappa shape index (κ2) is 7.49. The molecule has 0 radical (unpaired) electrons. The molecule has 2 aromatic rings. The first kappa shape index (κ1) is 18.0. The Labute approximate surface area is 146 Å². The third-order valence-corrected chi connectivity index (χ3v) is 3.96. The van der Waals surface area contributed by atoms with E-state index < -0.39 is 11.9 Å². The number of benzene rings is 1. The highest BCUT2D eigenvalue weighted by Crippen LogP contribution is 2.19. The normalized spacial score (nSPS) is 11.0. The van der Waals surface area contributed by atoms with Crippen molar-refractivity contribution in [3.05, 3.63) is 58.4 Å². The van der Waals surface area contributed by atoms with E-state index >= 15 is 0 Å². The minimum Gasteiger partial charge on any atom is -0.478 e. The van der Waals surface area contributed by atoms with Crippen LogP contribution in [-0.2, 0) is 11.3 Å². The van der Waals surface area contributed by atoms with E-state index in [2.05, 4.69) is 9.88 Å². The largest absolute Gasteiger partial charge is 0.478 e. The SMILES string of the molecule is CCn1c(C)cc(/C=C(/C#N)C(=O)Nc2cccc(C(=O)O)c2)c1C. The number of rotatable bonds is 5. The van der Waals surface area contributed by atoms with Gasteiger partial charge in [-0.3, -0.25) is 4.79 Å². The molecule has 0 spiro atoms. The Hall–Kier alpha value is -3.33. The standard InChI is InChI=1S/C19H19N3O3/c1-4-22-12(2)8-15(13(22)3)9-16(11-20)18(23)21-17-7-5-6-14(10-17)19(24)25/h5-10H,4H2,1-3H3,(H,21,23)(H,24,25)/b16-9-. The number of aryl methyl sites for hydroxylation is 1. The molecular formula is C19H19N3O3. The van der Waals surface area contributed by atoms with Gasteiger partial charge in [0.05, 0.1) is 5.56 Å². The highest BCUT2D eigenvalue weighted by atomic mass is 16.4.